The van der Waals surface area contributed by atoms with Crippen LogP contribution in [0.2, 0.25) is 0 Å². The second-order valence-corrected chi connectivity index (χ2v) is 3.90. The van der Waals surface area contributed by atoms with Crippen molar-refractivity contribution in [2.45, 2.75) is 12.8 Å². The minimum atomic E-state index is -2.70. The lowest BCUT2D eigenvalue weighted by Gasteiger charge is -2.38. The molecule has 2 heterocycles. The molecule has 2 rings (SSSR count). The van der Waals surface area contributed by atoms with E-state index in [1.165, 1.54) is 18.1 Å². The third kappa shape index (κ3) is 2.32. The van der Waals surface area contributed by atoms with E-state index in [2.05, 4.69) is 14.7 Å². The standard InChI is InChI=1S/C10H11F2N3O2/c1-6-3-7(8(16)17-2)14-9(13-6)15-4-10(11,12)5-15/h3H,4-5H2,1-2H3. The van der Waals surface area contributed by atoms with E-state index in [9.17, 15) is 13.6 Å². The van der Waals surface area contributed by atoms with Gasteiger partial charge in [0.25, 0.3) is 5.92 Å². The van der Waals surface area contributed by atoms with Crippen LogP contribution in [0.25, 0.3) is 0 Å². The van der Waals surface area contributed by atoms with Gasteiger partial charge in [-0.05, 0) is 13.0 Å². The van der Waals surface area contributed by atoms with Gasteiger partial charge in [0.15, 0.2) is 5.69 Å². The van der Waals surface area contributed by atoms with E-state index in [4.69, 9.17) is 0 Å². The number of alkyl halides is 2. The molecule has 0 unspecified atom stereocenters. The first kappa shape index (κ1) is 11.7. The van der Waals surface area contributed by atoms with Gasteiger partial charge in [-0.2, -0.15) is 0 Å². The Morgan fingerprint density at radius 1 is 1.47 bits per heavy atom. The molecule has 1 aromatic heterocycles. The summed E-state index contributed by atoms with van der Waals surface area (Å²) in [4.78, 5) is 20.5. The molecule has 0 radical (unpaired) electrons. The van der Waals surface area contributed by atoms with Gasteiger partial charge in [-0.25, -0.2) is 23.5 Å². The molecule has 0 amide bonds. The largest absolute Gasteiger partial charge is 0.464 e. The number of esters is 1. The van der Waals surface area contributed by atoms with E-state index in [1.54, 1.807) is 6.92 Å². The van der Waals surface area contributed by atoms with Crippen molar-refractivity contribution >= 4 is 11.9 Å². The molecule has 7 heteroatoms. The topological polar surface area (TPSA) is 55.3 Å². The minimum absolute atomic E-state index is 0.0743. The summed E-state index contributed by atoms with van der Waals surface area (Å²) < 4.78 is 29.9. The van der Waals surface area contributed by atoms with Crippen molar-refractivity contribution < 1.29 is 18.3 Å². The average molecular weight is 243 g/mol. The first-order valence-electron chi connectivity index (χ1n) is 4.98. The highest BCUT2D eigenvalue weighted by Crippen LogP contribution is 2.29. The highest BCUT2D eigenvalue weighted by Gasteiger charge is 2.45. The van der Waals surface area contributed by atoms with Crippen molar-refractivity contribution in [3.05, 3.63) is 17.5 Å². The Balaban J connectivity index is 2.24. The number of aromatic nitrogens is 2. The first-order chi connectivity index (χ1) is 7.91. The molecule has 1 saturated heterocycles. The van der Waals surface area contributed by atoms with Gasteiger partial charge < -0.3 is 9.64 Å². The van der Waals surface area contributed by atoms with E-state index in [0.29, 0.717) is 5.69 Å². The number of aryl methyl sites for hydroxylation is 1. The summed E-state index contributed by atoms with van der Waals surface area (Å²) in [5.74, 6) is -3.17. The number of carbonyl (C=O) groups excluding carboxylic acids is 1. The zero-order chi connectivity index (χ0) is 12.6. The summed E-state index contributed by atoms with van der Waals surface area (Å²) in [6.45, 7) is 0.823. The van der Waals surface area contributed by atoms with Gasteiger partial charge in [-0.1, -0.05) is 0 Å². The molecule has 1 fully saturated rings. The molecule has 5 nitrogen and oxygen atoms in total. The lowest BCUT2D eigenvalue weighted by Crippen LogP contribution is -2.57. The van der Waals surface area contributed by atoms with Gasteiger partial charge in [0.1, 0.15) is 0 Å². The van der Waals surface area contributed by atoms with Crippen LogP contribution in [0, 0.1) is 6.92 Å². The van der Waals surface area contributed by atoms with Crippen LogP contribution in [0.15, 0.2) is 6.07 Å². The summed E-state index contributed by atoms with van der Waals surface area (Å²) in [6.07, 6.45) is 0. The predicted octanol–water partition coefficient (Wildman–Crippen LogP) is 1.03. The minimum Gasteiger partial charge on any atom is -0.464 e. The third-order valence-corrected chi connectivity index (χ3v) is 2.36. The number of nitrogens with zero attached hydrogens (tertiary/aromatic N) is 3. The fourth-order valence-electron chi connectivity index (χ4n) is 1.56. The van der Waals surface area contributed by atoms with E-state index in [-0.39, 0.29) is 11.6 Å². The van der Waals surface area contributed by atoms with Crippen LogP contribution in [0.4, 0.5) is 14.7 Å². The molecule has 0 bridgehead atoms. The molecule has 0 spiro atoms. The van der Waals surface area contributed by atoms with Crippen molar-refractivity contribution in [3.63, 3.8) is 0 Å². The smallest absolute Gasteiger partial charge is 0.356 e. The molecule has 1 aromatic rings. The van der Waals surface area contributed by atoms with Crippen molar-refractivity contribution in [1.82, 2.24) is 9.97 Å². The van der Waals surface area contributed by atoms with Gasteiger partial charge >= 0.3 is 5.97 Å². The van der Waals surface area contributed by atoms with Gasteiger partial charge in [0.05, 0.1) is 20.2 Å². The highest BCUT2D eigenvalue weighted by atomic mass is 19.3. The fourth-order valence-corrected chi connectivity index (χ4v) is 1.56. The normalized spacial score (nSPS) is 17.5. The SMILES string of the molecule is COC(=O)c1cc(C)nc(N2CC(F)(F)C2)n1. The lowest BCUT2D eigenvalue weighted by atomic mass is 10.1. The zero-order valence-corrected chi connectivity index (χ0v) is 9.41. The van der Waals surface area contributed by atoms with Gasteiger partial charge in [0, 0.05) is 5.69 Å². The number of anilines is 1. The summed E-state index contributed by atoms with van der Waals surface area (Å²) in [5.41, 5.74) is 0.607. The highest BCUT2D eigenvalue weighted by molar-refractivity contribution is 5.87. The third-order valence-electron chi connectivity index (χ3n) is 2.36. The summed E-state index contributed by atoms with van der Waals surface area (Å²) in [5, 5.41) is 0. The summed E-state index contributed by atoms with van der Waals surface area (Å²) in [7, 11) is 1.23. The number of halogens is 2. The fraction of sp³-hybridized carbons (Fsp3) is 0.500. The molecule has 0 atom stereocenters. The second-order valence-electron chi connectivity index (χ2n) is 3.90. The Labute approximate surface area is 96.4 Å². The molecule has 92 valence electrons. The first-order valence-corrected chi connectivity index (χ1v) is 4.98. The lowest BCUT2D eigenvalue weighted by molar-refractivity contribution is -0.0272. The molecular weight excluding hydrogens is 232 g/mol. The molecule has 0 N–H and O–H groups in total. The van der Waals surface area contributed by atoms with Crippen molar-refractivity contribution in [3.8, 4) is 0 Å². The summed E-state index contributed by atoms with van der Waals surface area (Å²) in [6, 6.07) is 1.45. The average Bonchev–Trinajstić information content (AvgIpc) is 2.23. The van der Waals surface area contributed by atoms with Crippen molar-refractivity contribution in [1.29, 1.82) is 0 Å². The van der Waals surface area contributed by atoms with Crippen LogP contribution in [-0.2, 0) is 4.74 Å². The Kier molecular flexibility index (Phi) is 2.68. The Morgan fingerprint density at radius 3 is 2.65 bits per heavy atom. The predicted molar refractivity (Wildman–Crippen MR) is 55.3 cm³/mol. The monoisotopic (exact) mass is 243 g/mol. The van der Waals surface area contributed by atoms with Gasteiger partial charge in [-0.15, -0.1) is 0 Å². The van der Waals surface area contributed by atoms with Crippen LogP contribution in [0.1, 0.15) is 16.2 Å². The second kappa shape index (κ2) is 3.90. The number of carbonyl (C=O) groups is 1. The molecule has 0 aliphatic carbocycles. The van der Waals surface area contributed by atoms with E-state index >= 15 is 0 Å². The number of ether oxygens (including phenoxy) is 1. The Morgan fingerprint density at radius 2 is 2.12 bits per heavy atom. The van der Waals surface area contributed by atoms with Crippen molar-refractivity contribution in [2.24, 2.45) is 0 Å². The molecular formula is C10H11F2N3O2. The number of hydrogen-bond donors (Lipinski definition) is 0. The van der Waals surface area contributed by atoms with Gasteiger partial charge in [-0.3, -0.25) is 0 Å². The van der Waals surface area contributed by atoms with Crippen LogP contribution in [0.3, 0.4) is 0 Å². The van der Waals surface area contributed by atoms with E-state index in [1.807, 2.05) is 0 Å². The van der Waals surface area contributed by atoms with Crippen LogP contribution in [0.5, 0.6) is 0 Å². The quantitative estimate of drug-likeness (QED) is 0.726. The maximum Gasteiger partial charge on any atom is 0.356 e. The maximum atomic E-state index is 12.7. The molecule has 1 aliphatic rings. The maximum absolute atomic E-state index is 12.7. The zero-order valence-electron chi connectivity index (χ0n) is 9.41. The summed E-state index contributed by atoms with van der Waals surface area (Å²) >= 11 is 0. The number of rotatable bonds is 2. The molecule has 17 heavy (non-hydrogen) atoms. The molecule has 0 saturated carbocycles. The Bertz CT molecular complexity index is 457. The van der Waals surface area contributed by atoms with Crippen molar-refractivity contribution in [2.75, 3.05) is 25.1 Å². The number of hydrogen-bond acceptors (Lipinski definition) is 5. The van der Waals surface area contributed by atoms with Crippen LogP contribution in [-0.4, -0.2) is 42.1 Å². The van der Waals surface area contributed by atoms with E-state index < -0.39 is 25.0 Å². The number of methoxy groups -OCH3 is 1. The van der Waals surface area contributed by atoms with Gasteiger partial charge in [0.2, 0.25) is 5.95 Å². The van der Waals surface area contributed by atoms with E-state index in [0.717, 1.165) is 0 Å². The Hall–Kier alpha value is -1.79. The molecule has 1 aliphatic heterocycles. The molecule has 0 aromatic carbocycles. The van der Waals surface area contributed by atoms with Crippen LogP contribution >= 0.6 is 0 Å². The van der Waals surface area contributed by atoms with Crippen LogP contribution < -0.4 is 4.90 Å².